The highest BCUT2D eigenvalue weighted by Crippen LogP contribution is 2.31. The van der Waals surface area contributed by atoms with Crippen molar-refractivity contribution in [2.45, 2.75) is 69.4 Å². The van der Waals surface area contributed by atoms with Gasteiger partial charge in [0.15, 0.2) is 0 Å². The number of halogens is 3. The minimum atomic E-state index is -4.48. The lowest BCUT2D eigenvalue weighted by Gasteiger charge is -2.35. The second-order valence-corrected chi connectivity index (χ2v) is 11.2. The normalized spacial score (nSPS) is 19.7. The summed E-state index contributed by atoms with van der Waals surface area (Å²) in [7, 11) is 3.43. The van der Waals surface area contributed by atoms with E-state index in [-0.39, 0.29) is 43.0 Å². The third kappa shape index (κ3) is 9.61. The van der Waals surface area contributed by atoms with E-state index >= 15 is 0 Å². The molecule has 0 saturated carbocycles. The van der Waals surface area contributed by atoms with Crippen LogP contribution < -0.4 is 5.32 Å². The number of benzene rings is 1. The van der Waals surface area contributed by atoms with E-state index in [0.717, 1.165) is 37.1 Å². The van der Waals surface area contributed by atoms with Gasteiger partial charge >= 0.3 is 6.18 Å². The molecule has 3 heterocycles. The third-order valence-corrected chi connectivity index (χ3v) is 8.12. The monoisotopic (exact) mass is 602 g/mol. The van der Waals surface area contributed by atoms with Crippen molar-refractivity contribution in [1.29, 1.82) is 0 Å². The third-order valence-electron chi connectivity index (χ3n) is 8.12. The van der Waals surface area contributed by atoms with E-state index in [0.29, 0.717) is 50.4 Å². The zero-order valence-electron chi connectivity index (χ0n) is 24.8. The first-order valence-electron chi connectivity index (χ1n) is 14.8. The SMILES string of the molecule is COC1COCCC1NC(CCCN(C)C(=O)/C=C/c1ccccc1)CCC(=O)N1CCc2ncc(C(F)(F)F)cc2C1. The predicted molar refractivity (Wildman–Crippen MR) is 157 cm³/mol. The first kappa shape index (κ1) is 32.6. The number of hydrogen-bond donors (Lipinski definition) is 1. The number of rotatable bonds is 12. The Balaban J connectivity index is 1.33. The Labute approximate surface area is 251 Å². The first-order chi connectivity index (χ1) is 20.6. The number of pyridine rings is 1. The number of methoxy groups -OCH3 is 1. The fourth-order valence-corrected chi connectivity index (χ4v) is 5.54. The van der Waals surface area contributed by atoms with Gasteiger partial charge in [-0.05, 0) is 49.0 Å². The van der Waals surface area contributed by atoms with Crippen molar-refractivity contribution in [1.82, 2.24) is 20.1 Å². The van der Waals surface area contributed by atoms with Crippen molar-refractivity contribution in [2.75, 3.05) is 40.5 Å². The summed E-state index contributed by atoms with van der Waals surface area (Å²) in [5.41, 5.74) is 1.21. The molecule has 234 valence electrons. The molecule has 3 atom stereocenters. The van der Waals surface area contributed by atoms with Gasteiger partial charge in [0.1, 0.15) is 0 Å². The van der Waals surface area contributed by atoms with Gasteiger partial charge in [0.05, 0.1) is 18.3 Å². The summed E-state index contributed by atoms with van der Waals surface area (Å²) in [5.74, 6) is -0.176. The van der Waals surface area contributed by atoms with Crippen molar-refractivity contribution in [3.63, 3.8) is 0 Å². The zero-order chi connectivity index (χ0) is 30.8. The van der Waals surface area contributed by atoms with E-state index in [1.54, 1.807) is 36.1 Å². The first-order valence-corrected chi connectivity index (χ1v) is 14.8. The lowest BCUT2D eigenvalue weighted by Crippen LogP contribution is -2.51. The molecule has 0 spiro atoms. The number of likely N-dealkylation sites (N-methyl/N-ethyl adjacent to an activating group) is 1. The van der Waals surface area contributed by atoms with Gasteiger partial charge in [0, 0.05) is 83.3 Å². The molecule has 2 aliphatic rings. The van der Waals surface area contributed by atoms with Crippen LogP contribution in [-0.2, 0) is 38.2 Å². The minimum absolute atomic E-state index is 0.0105. The molecule has 43 heavy (non-hydrogen) atoms. The average molecular weight is 603 g/mol. The Morgan fingerprint density at radius 3 is 2.79 bits per heavy atom. The molecular weight excluding hydrogens is 561 g/mol. The van der Waals surface area contributed by atoms with Crippen LogP contribution >= 0.6 is 0 Å². The van der Waals surface area contributed by atoms with Crippen LogP contribution in [0, 0.1) is 0 Å². The predicted octanol–water partition coefficient (Wildman–Crippen LogP) is 4.48. The summed E-state index contributed by atoms with van der Waals surface area (Å²) >= 11 is 0. The molecule has 1 fully saturated rings. The summed E-state index contributed by atoms with van der Waals surface area (Å²) in [6, 6.07) is 10.8. The maximum absolute atomic E-state index is 13.2. The van der Waals surface area contributed by atoms with E-state index < -0.39 is 11.7 Å². The van der Waals surface area contributed by atoms with E-state index in [1.807, 2.05) is 30.3 Å². The van der Waals surface area contributed by atoms with Crippen molar-refractivity contribution in [3.05, 3.63) is 71.1 Å². The van der Waals surface area contributed by atoms with Crippen LogP contribution in [0.2, 0.25) is 0 Å². The molecule has 2 amide bonds. The maximum atomic E-state index is 13.2. The second-order valence-electron chi connectivity index (χ2n) is 11.2. The van der Waals surface area contributed by atoms with E-state index in [9.17, 15) is 22.8 Å². The summed E-state index contributed by atoms with van der Waals surface area (Å²) in [6.07, 6.45) is 3.14. The van der Waals surface area contributed by atoms with Crippen LogP contribution in [0.1, 0.15) is 54.5 Å². The van der Waals surface area contributed by atoms with Gasteiger partial charge in [-0.25, -0.2) is 0 Å². The van der Waals surface area contributed by atoms with Crippen molar-refractivity contribution in [3.8, 4) is 0 Å². The average Bonchev–Trinajstić information content (AvgIpc) is 3.01. The number of hydrogen-bond acceptors (Lipinski definition) is 6. The van der Waals surface area contributed by atoms with Gasteiger partial charge in [-0.15, -0.1) is 0 Å². The molecule has 3 unspecified atom stereocenters. The second kappa shape index (κ2) is 15.4. The Bertz CT molecular complexity index is 1240. The number of ether oxygens (including phenoxy) is 2. The van der Waals surface area contributed by atoms with Crippen LogP contribution in [0.3, 0.4) is 0 Å². The quantitative estimate of drug-likeness (QED) is 0.361. The van der Waals surface area contributed by atoms with Gasteiger partial charge in [0.2, 0.25) is 11.8 Å². The van der Waals surface area contributed by atoms with Crippen LogP contribution in [0.25, 0.3) is 6.08 Å². The van der Waals surface area contributed by atoms with E-state index in [2.05, 4.69) is 10.3 Å². The summed E-state index contributed by atoms with van der Waals surface area (Å²) in [4.78, 5) is 33.1. The lowest BCUT2D eigenvalue weighted by atomic mass is 9.99. The Kier molecular flexibility index (Phi) is 11.7. The van der Waals surface area contributed by atoms with E-state index in [4.69, 9.17) is 9.47 Å². The highest BCUT2D eigenvalue weighted by atomic mass is 19.4. The van der Waals surface area contributed by atoms with Gasteiger partial charge < -0.3 is 24.6 Å². The molecule has 8 nitrogen and oxygen atoms in total. The molecule has 11 heteroatoms. The standard InChI is InChI=1S/C32H41F3N4O4/c1-38(30(40)12-10-23-7-4-3-5-8-23)16-6-9-26(37-28-15-18-43-22-29(28)42-2)11-13-31(41)39-17-14-27-24(21-39)19-25(20-36-27)32(33,34)35/h3-5,7-8,10,12,19-20,26,28-29,37H,6,9,11,13-18,21-22H2,1-2H3/b12-10+. The number of nitrogens with zero attached hydrogens (tertiary/aromatic N) is 3. The zero-order valence-corrected chi connectivity index (χ0v) is 24.8. The maximum Gasteiger partial charge on any atom is 0.417 e. The molecule has 2 aromatic rings. The number of amides is 2. The molecule has 0 radical (unpaired) electrons. The Morgan fingerprint density at radius 1 is 1.26 bits per heavy atom. The lowest BCUT2D eigenvalue weighted by molar-refractivity contribution is -0.138. The van der Waals surface area contributed by atoms with Gasteiger partial charge in [0.25, 0.3) is 0 Å². The Hall–Kier alpha value is -3.28. The van der Waals surface area contributed by atoms with Gasteiger partial charge in [-0.1, -0.05) is 30.3 Å². The molecule has 4 rings (SSSR count). The fraction of sp³-hybridized carbons (Fsp3) is 0.531. The number of carbonyl (C=O) groups is 2. The number of nitrogens with one attached hydrogen (secondary N) is 1. The molecule has 0 aliphatic carbocycles. The molecule has 1 saturated heterocycles. The van der Waals surface area contributed by atoms with Gasteiger partial charge in [-0.3, -0.25) is 14.6 Å². The Morgan fingerprint density at radius 2 is 2.05 bits per heavy atom. The molecule has 2 aliphatic heterocycles. The summed E-state index contributed by atoms with van der Waals surface area (Å²) in [6.45, 7) is 2.22. The van der Waals surface area contributed by atoms with Crippen molar-refractivity contribution < 1.29 is 32.2 Å². The van der Waals surface area contributed by atoms with Crippen LogP contribution in [0.15, 0.2) is 48.7 Å². The van der Waals surface area contributed by atoms with Crippen LogP contribution in [-0.4, -0.2) is 85.2 Å². The number of alkyl halides is 3. The van der Waals surface area contributed by atoms with Crippen molar-refractivity contribution in [2.24, 2.45) is 0 Å². The molecule has 0 bridgehead atoms. The minimum Gasteiger partial charge on any atom is -0.379 e. The van der Waals surface area contributed by atoms with Crippen LogP contribution in [0.4, 0.5) is 13.2 Å². The van der Waals surface area contributed by atoms with E-state index in [1.165, 1.54) is 0 Å². The largest absolute Gasteiger partial charge is 0.417 e. The summed E-state index contributed by atoms with van der Waals surface area (Å²) in [5, 5.41) is 3.68. The summed E-state index contributed by atoms with van der Waals surface area (Å²) < 4.78 is 50.8. The molecule has 1 N–H and O–H groups in total. The number of carbonyl (C=O) groups excluding carboxylic acids is 2. The highest BCUT2D eigenvalue weighted by Gasteiger charge is 2.33. The highest BCUT2D eigenvalue weighted by molar-refractivity contribution is 5.91. The number of fused-ring (bicyclic) bond motifs is 1. The van der Waals surface area contributed by atoms with Crippen molar-refractivity contribution >= 4 is 17.9 Å². The number of aromatic nitrogens is 1. The molecule has 1 aromatic heterocycles. The smallest absolute Gasteiger partial charge is 0.379 e. The molecule has 1 aromatic carbocycles. The topological polar surface area (TPSA) is 84.0 Å². The van der Waals surface area contributed by atoms with Crippen LogP contribution in [0.5, 0.6) is 0 Å². The van der Waals surface area contributed by atoms with Gasteiger partial charge in [-0.2, -0.15) is 13.2 Å². The molecular formula is C32H41F3N4O4. The fourth-order valence-electron chi connectivity index (χ4n) is 5.54.